The molecule has 0 spiro atoms. The lowest BCUT2D eigenvalue weighted by molar-refractivity contribution is -0.136. The molecule has 118 valence electrons. The molecule has 0 amide bonds. The number of pyridine rings is 1. The molecule has 23 heavy (non-hydrogen) atoms. The fourth-order valence-corrected chi connectivity index (χ4v) is 2.03. The van der Waals surface area contributed by atoms with Crippen LogP contribution in [0.5, 0.6) is 0 Å². The van der Waals surface area contributed by atoms with Gasteiger partial charge in [0.2, 0.25) is 0 Å². The van der Waals surface area contributed by atoms with Crippen molar-refractivity contribution < 1.29 is 13.2 Å². The van der Waals surface area contributed by atoms with Gasteiger partial charge in [0.15, 0.2) is 0 Å². The minimum Gasteiger partial charge on any atom is -0.281 e. The summed E-state index contributed by atoms with van der Waals surface area (Å²) in [7, 11) is 0. The molecule has 0 N–H and O–H groups in total. The standard InChI is InChI=1S/C16H12F3N3O/c1-10(2)21-22-13(11-7-5-4-6-8-11)9-12(16(17,18)19)14(20-3)15(22)23/h4-9H,1-2H3. The fraction of sp³-hybridized carbons (Fsp3) is 0.188. The van der Waals surface area contributed by atoms with E-state index in [4.69, 9.17) is 6.57 Å². The quantitative estimate of drug-likeness (QED) is 0.600. The van der Waals surface area contributed by atoms with Gasteiger partial charge >= 0.3 is 6.18 Å². The molecular formula is C16H12F3N3O. The summed E-state index contributed by atoms with van der Waals surface area (Å²) < 4.78 is 40.4. The second-order valence-electron chi connectivity index (χ2n) is 4.93. The third kappa shape index (κ3) is 3.31. The van der Waals surface area contributed by atoms with Crippen LogP contribution >= 0.6 is 0 Å². The normalized spacial score (nSPS) is 11.0. The highest BCUT2D eigenvalue weighted by Gasteiger charge is 2.36. The van der Waals surface area contributed by atoms with Gasteiger partial charge in [0, 0.05) is 11.3 Å². The molecule has 4 nitrogen and oxygen atoms in total. The molecule has 0 saturated heterocycles. The molecule has 1 heterocycles. The molecule has 0 bridgehead atoms. The summed E-state index contributed by atoms with van der Waals surface area (Å²) in [5.74, 6) is 0. The summed E-state index contributed by atoms with van der Waals surface area (Å²) in [5, 5.41) is 3.98. The zero-order valence-corrected chi connectivity index (χ0v) is 12.3. The van der Waals surface area contributed by atoms with Crippen molar-refractivity contribution >= 4 is 11.4 Å². The fourth-order valence-electron chi connectivity index (χ4n) is 2.03. The molecular weight excluding hydrogens is 307 g/mol. The average Bonchev–Trinajstić information content (AvgIpc) is 2.48. The maximum Gasteiger partial charge on any atom is 0.407 e. The maximum atomic E-state index is 13.2. The molecule has 0 aliphatic rings. The van der Waals surface area contributed by atoms with Gasteiger partial charge in [-0.15, -0.1) is 0 Å². The first-order valence-electron chi connectivity index (χ1n) is 6.58. The van der Waals surface area contributed by atoms with Crippen molar-refractivity contribution in [3.8, 4) is 11.3 Å². The summed E-state index contributed by atoms with van der Waals surface area (Å²) in [6, 6.07) is 8.92. The van der Waals surface area contributed by atoms with Crippen LogP contribution in [0.4, 0.5) is 18.9 Å². The zero-order chi connectivity index (χ0) is 17.2. The number of hydrogen-bond acceptors (Lipinski definition) is 2. The van der Waals surface area contributed by atoms with Gasteiger partial charge in [-0.2, -0.15) is 18.3 Å². The summed E-state index contributed by atoms with van der Waals surface area (Å²) in [6.45, 7) is 10.1. The summed E-state index contributed by atoms with van der Waals surface area (Å²) in [4.78, 5) is 15.1. The number of nitrogens with zero attached hydrogens (tertiary/aromatic N) is 3. The van der Waals surface area contributed by atoms with E-state index in [1.54, 1.807) is 44.2 Å². The van der Waals surface area contributed by atoms with Crippen LogP contribution in [0, 0.1) is 6.57 Å². The molecule has 0 saturated carbocycles. The average molecular weight is 319 g/mol. The Morgan fingerprint density at radius 2 is 1.83 bits per heavy atom. The molecule has 2 rings (SSSR count). The first-order valence-corrected chi connectivity index (χ1v) is 6.58. The smallest absolute Gasteiger partial charge is 0.281 e. The van der Waals surface area contributed by atoms with Crippen LogP contribution in [0.1, 0.15) is 19.4 Å². The number of aromatic nitrogens is 1. The summed E-state index contributed by atoms with van der Waals surface area (Å²) >= 11 is 0. The molecule has 1 aromatic heterocycles. The lowest BCUT2D eigenvalue weighted by atomic mass is 10.1. The van der Waals surface area contributed by atoms with E-state index in [9.17, 15) is 18.0 Å². The van der Waals surface area contributed by atoms with Gasteiger partial charge in [-0.1, -0.05) is 30.3 Å². The first kappa shape index (κ1) is 16.5. The van der Waals surface area contributed by atoms with Crippen molar-refractivity contribution in [2.45, 2.75) is 20.0 Å². The number of alkyl halides is 3. The molecule has 0 fully saturated rings. The Labute approximate surface area is 130 Å². The number of benzene rings is 1. The van der Waals surface area contributed by atoms with Crippen molar-refractivity contribution in [1.29, 1.82) is 0 Å². The summed E-state index contributed by atoms with van der Waals surface area (Å²) in [6.07, 6.45) is -4.80. The van der Waals surface area contributed by atoms with Crippen molar-refractivity contribution in [3.63, 3.8) is 0 Å². The van der Waals surface area contributed by atoms with Gasteiger partial charge in [-0.3, -0.25) is 4.79 Å². The summed E-state index contributed by atoms with van der Waals surface area (Å²) in [5.41, 5.74) is -2.47. The molecule has 0 aliphatic heterocycles. The largest absolute Gasteiger partial charge is 0.407 e. The predicted octanol–water partition coefficient (Wildman–Crippen LogP) is 4.33. The molecule has 0 unspecified atom stereocenters. The van der Waals surface area contributed by atoms with Crippen LogP contribution in [-0.4, -0.2) is 10.4 Å². The highest BCUT2D eigenvalue weighted by Crippen LogP contribution is 2.36. The van der Waals surface area contributed by atoms with Gasteiger partial charge in [0.1, 0.15) is 0 Å². The Balaban J connectivity index is 2.95. The molecule has 0 radical (unpaired) electrons. The molecule has 1 aromatic carbocycles. The van der Waals surface area contributed by atoms with Crippen molar-refractivity contribution in [2.75, 3.05) is 0 Å². The highest BCUT2D eigenvalue weighted by molar-refractivity contribution is 5.79. The highest BCUT2D eigenvalue weighted by atomic mass is 19.4. The van der Waals surface area contributed by atoms with Gasteiger partial charge in [-0.25, -0.2) is 9.52 Å². The Morgan fingerprint density at radius 1 is 1.22 bits per heavy atom. The van der Waals surface area contributed by atoms with Crippen LogP contribution in [0.25, 0.3) is 16.1 Å². The number of halogens is 3. The molecule has 2 aromatic rings. The number of rotatable bonds is 2. The Hall–Kier alpha value is -2.88. The van der Waals surface area contributed by atoms with E-state index in [2.05, 4.69) is 9.95 Å². The van der Waals surface area contributed by atoms with Gasteiger partial charge in [0.25, 0.3) is 11.2 Å². The first-order chi connectivity index (χ1) is 10.8. The third-order valence-corrected chi connectivity index (χ3v) is 2.95. The van der Waals surface area contributed by atoms with Gasteiger partial charge in [0.05, 0.1) is 17.8 Å². The molecule has 7 heteroatoms. The molecule has 0 atom stereocenters. The lowest BCUT2D eigenvalue weighted by Gasteiger charge is -2.15. The van der Waals surface area contributed by atoms with Crippen molar-refractivity contribution in [1.82, 2.24) is 4.68 Å². The van der Waals surface area contributed by atoms with Gasteiger partial charge in [-0.05, 0) is 19.9 Å². The minimum atomic E-state index is -4.80. The van der Waals surface area contributed by atoms with Crippen LogP contribution in [0.15, 0.2) is 46.3 Å². The second-order valence-corrected chi connectivity index (χ2v) is 4.93. The Morgan fingerprint density at radius 3 is 2.30 bits per heavy atom. The van der Waals surface area contributed by atoms with Crippen LogP contribution in [0.3, 0.4) is 0 Å². The third-order valence-electron chi connectivity index (χ3n) is 2.95. The van der Waals surface area contributed by atoms with Crippen LogP contribution in [0.2, 0.25) is 0 Å². The van der Waals surface area contributed by atoms with E-state index in [-0.39, 0.29) is 5.69 Å². The van der Waals surface area contributed by atoms with E-state index in [1.165, 1.54) is 0 Å². The van der Waals surface area contributed by atoms with E-state index in [1.807, 2.05) is 0 Å². The van der Waals surface area contributed by atoms with Crippen molar-refractivity contribution in [2.24, 2.45) is 5.10 Å². The maximum absolute atomic E-state index is 13.2. The van der Waals surface area contributed by atoms with E-state index in [0.29, 0.717) is 11.3 Å². The monoisotopic (exact) mass is 319 g/mol. The topological polar surface area (TPSA) is 38.7 Å². The van der Waals surface area contributed by atoms with Crippen molar-refractivity contribution in [3.05, 3.63) is 63.7 Å². The van der Waals surface area contributed by atoms with Crippen LogP contribution in [-0.2, 0) is 6.18 Å². The molecule has 0 aliphatic carbocycles. The van der Waals surface area contributed by atoms with E-state index < -0.39 is 23.0 Å². The number of hydrogen-bond donors (Lipinski definition) is 0. The lowest BCUT2D eigenvalue weighted by Crippen LogP contribution is -2.22. The van der Waals surface area contributed by atoms with E-state index in [0.717, 1.165) is 10.7 Å². The van der Waals surface area contributed by atoms with Crippen LogP contribution < -0.4 is 5.56 Å². The second kappa shape index (κ2) is 6.08. The zero-order valence-electron chi connectivity index (χ0n) is 12.3. The van der Waals surface area contributed by atoms with Gasteiger partial charge < -0.3 is 0 Å². The van der Waals surface area contributed by atoms with E-state index >= 15 is 0 Å². The Bertz CT molecular complexity index is 855. The predicted molar refractivity (Wildman–Crippen MR) is 81.6 cm³/mol. The Kier molecular flexibility index (Phi) is 4.36. The SMILES string of the molecule is [C-]#[N+]c1c(C(F)(F)F)cc(-c2ccccc2)n(N=C(C)C)c1=O. The minimum absolute atomic E-state index is 0.0171.